The number of rotatable bonds is 2. The Labute approximate surface area is 125 Å². The lowest BCUT2D eigenvalue weighted by atomic mass is 9.70. The molecular weight excluding hydrogens is 272 g/mol. The van der Waals surface area contributed by atoms with Crippen LogP contribution in [0.5, 0.6) is 0 Å². The summed E-state index contributed by atoms with van der Waals surface area (Å²) in [5, 5.41) is 0.568. The summed E-state index contributed by atoms with van der Waals surface area (Å²) in [6.07, 6.45) is 3.44. The SMILES string of the molecule is CC1(C)C2CCC1(C)C(OC(=O)c1cccc(Cl)c1)C2. The molecule has 20 heavy (non-hydrogen) atoms. The first-order valence-corrected chi connectivity index (χ1v) is 7.69. The zero-order chi connectivity index (χ0) is 14.5. The van der Waals surface area contributed by atoms with Gasteiger partial charge in [-0.2, -0.15) is 0 Å². The van der Waals surface area contributed by atoms with Crippen molar-refractivity contribution in [3.63, 3.8) is 0 Å². The van der Waals surface area contributed by atoms with E-state index in [0.29, 0.717) is 16.5 Å². The number of carbonyl (C=O) groups excluding carboxylic acids is 1. The van der Waals surface area contributed by atoms with Gasteiger partial charge < -0.3 is 4.74 Å². The van der Waals surface area contributed by atoms with Gasteiger partial charge in [0.2, 0.25) is 0 Å². The number of fused-ring (bicyclic) bond motifs is 2. The third-order valence-corrected chi connectivity index (χ3v) is 6.26. The van der Waals surface area contributed by atoms with Crippen molar-refractivity contribution in [3.05, 3.63) is 34.9 Å². The number of ether oxygens (including phenoxy) is 1. The maximum absolute atomic E-state index is 12.3. The van der Waals surface area contributed by atoms with Crippen LogP contribution >= 0.6 is 11.6 Å². The van der Waals surface area contributed by atoms with Gasteiger partial charge in [0.05, 0.1) is 5.56 Å². The van der Waals surface area contributed by atoms with E-state index in [0.717, 1.165) is 12.8 Å². The second-order valence-corrected chi connectivity index (χ2v) is 7.45. The highest BCUT2D eigenvalue weighted by Gasteiger charge is 2.62. The minimum Gasteiger partial charge on any atom is -0.458 e. The zero-order valence-electron chi connectivity index (χ0n) is 12.3. The van der Waals surface area contributed by atoms with Crippen LogP contribution in [0.2, 0.25) is 5.02 Å². The quantitative estimate of drug-likeness (QED) is 0.738. The summed E-state index contributed by atoms with van der Waals surface area (Å²) >= 11 is 5.93. The number of halogens is 1. The van der Waals surface area contributed by atoms with Crippen LogP contribution in [0.4, 0.5) is 0 Å². The molecular formula is C17H21ClO2. The molecule has 0 aliphatic heterocycles. The Kier molecular flexibility index (Phi) is 3.13. The summed E-state index contributed by atoms with van der Waals surface area (Å²) in [4.78, 5) is 12.3. The Morgan fingerprint density at radius 3 is 2.65 bits per heavy atom. The third-order valence-electron chi connectivity index (χ3n) is 6.02. The monoisotopic (exact) mass is 292 g/mol. The molecule has 0 spiro atoms. The molecule has 0 N–H and O–H groups in total. The van der Waals surface area contributed by atoms with Crippen molar-refractivity contribution in [2.24, 2.45) is 16.7 Å². The van der Waals surface area contributed by atoms with Gasteiger partial charge in [0.15, 0.2) is 0 Å². The molecule has 2 fully saturated rings. The van der Waals surface area contributed by atoms with Gasteiger partial charge in [-0.3, -0.25) is 0 Å². The van der Waals surface area contributed by atoms with Crippen molar-refractivity contribution in [3.8, 4) is 0 Å². The molecule has 0 heterocycles. The van der Waals surface area contributed by atoms with Crippen molar-refractivity contribution in [2.45, 2.75) is 46.1 Å². The summed E-state index contributed by atoms with van der Waals surface area (Å²) < 4.78 is 5.83. The first-order valence-electron chi connectivity index (χ1n) is 7.31. The molecule has 0 aromatic heterocycles. The van der Waals surface area contributed by atoms with Crippen molar-refractivity contribution in [1.82, 2.24) is 0 Å². The molecule has 2 saturated carbocycles. The smallest absolute Gasteiger partial charge is 0.338 e. The highest BCUT2D eigenvalue weighted by Crippen LogP contribution is 2.66. The summed E-state index contributed by atoms with van der Waals surface area (Å²) in [5.41, 5.74) is 0.903. The van der Waals surface area contributed by atoms with Gasteiger partial charge in [-0.15, -0.1) is 0 Å². The van der Waals surface area contributed by atoms with E-state index in [9.17, 15) is 4.79 Å². The summed E-state index contributed by atoms with van der Waals surface area (Å²) in [6.45, 7) is 6.91. The highest BCUT2D eigenvalue weighted by atomic mass is 35.5. The molecule has 3 rings (SSSR count). The lowest BCUT2D eigenvalue weighted by molar-refractivity contribution is -0.0242. The Hall–Kier alpha value is -1.02. The maximum Gasteiger partial charge on any atom is 0.338 e. The molecule has 1 aromatic carbocycles. The van der Waals surface area contributed by atoms with Crippen LogP contribution in [-0.2, 0) is 4.74 Å². The normalized spacial score (nSPS) is 34.2. The van der Waals surface area contributed by atoms with E-state index in [4.69, 9.17) is 16.3 Å². The van der Waals surface area contributed by atoms with Gasteiger partial charge in [-0.25, -0.2) is 4.79 Å². The van der Waals surface area contributed by atoms with E-state index in [1.54, 1.807) is 24.3 Å². The fourth-order valence-corrected chi connectivity index (χ4v) is 4.31. The fourth-order valence-electron chi connectivity index (χ4n) is 4.12. The van der Waals surface area contributed by atoms with E-state index in [-0.39, 0.29) is 22.9 Å². The first-order chi connectivity index (χ1) is 9.34. The van der Waals surface area contributed by atoms with Crippen LogP contribution in [0.3, 0.4) is 0 Å². The van der Waals surface area contributed by atoms with Crippen molar-refractivity contribution >= 4 is 17.6 Å². The molecule has 2 aliphatic carbocycles. The summed E-state index contributed by atoms with van der Waals surface area (Å²) in [5.74, 6) is 0.423. The zero-order valence-corrected chi connectivity index (χ0v) is 13.0. The number of hydrogen-bond acceptors (Lipinski definition) is 2. The molecule has 2 bridgehead atoms. The lowest BCUT2D eigenvalue weighted by Gasteiger charge is -2.38. The second-order valence-electron chi connectivity index (χ2n) is 7.01. The highest BCUT2D eigenvalue weighted by molar-refractivity contribution is 6.30. The predicted molar refractivity (Wildman–Crippen MR) is 79.9 cm³/mol. The molecule has 3 atom stereocenters. The summed E-state index contributed by atoms with van der Waals surface area (Å²) in [6, 6.07) is 6.98. The van der Waals surface area contributed by atoms with Crippen LogP contribution in [0.15, 0.2) is 24.3 Å². The van der Waals surface area contributed by atoms with Gasteiger partial charge in [-0.1, -0.05) is 38.4 Å². The number of carbonyl (C=O) groups is 1. The van der Waals surface area contributed by atoms with E-state index < -0.39 is 0 Å². The van der Waals surface area contributed by atoms with E-state index >= 15 is 0 Å². The van der Waals surface area contributed by atoms with Crippen molar-refractivity contribution in [1.29, 1.82) is 0 Å². The second kappa shape index (κ2) is 4.49. The molecule has 0 amide bonds. The van der Waals surface area contributed by atoms with E-state index in [1.807, 2.05) is 0 Å². The molecule has 0 radical (unpaired) electrons. The molecule has 2 aliphatic rings. The topological polar surface area (TPSA) is 26.3 Å². The van der Waals surface area contributed by atoms with Crippen molar-refractivity contribution in [2.75, 3.05) is 0 Å². The maximum atomic E-state index is 12.3. The summed E-state index contributed by atoms with van der Waals surface area (Å²) in [7, 11) is 0. The van der Waals surface area contributed by atoms with Gasteiger partial charge in [-0.05, 0) is 48.8 Å². The average Bonchev–Trinajstić information content (AvgIpc) is 2.72. The standard InChI is InChI=1S/C17H21ClO2/c1-16(2)12-7-8-17(16,3)14(10-12)20-15(19)11-5-4-6-13(18)9-11/h4-6,9,12,14H,7-8,10H2,1-3H3. The number of benzene rings is 1. The Morgan fingerprint density at radius 1 is 1.35 bits per heavy atom. The van der Waals surface area contributed by atoms with Gasteiger partial charge >= 0.3 is 5.97 Å². The van der Waals surface area contributed by atoms with Gasteiger partial charge in [0.1, 0.15) is 6.10 Å². The van der Waals surface area contributed by atoms with E-state index in [1.165, 1.54) is 6.42 Å². The van der Waals surface area contributed by atoms with Crippen LogP contribution in [-0.4, -0.2) is 12.1 Å². The van der Waals surface area contributed by atoms with E-state index in [2.05, 4.69) is 20.8 Å². The molecule has 3 heteroatoms. The average molecular weight is 293 g/mol. The van der Waals surface area contributed by atoms with Crippen LogP contribution in [0, 0.1) is 16.7 Å². The largest absolute Gasteiger partial charge is 0.458 e. The predicted octanol–water partition coefficient (Wildman–Crippen LogP) is 4.71. The molecule has 1 aromatic rings. The number of hydrogen-bond donors (Lipinski definition) is 0. The fraction of sp³-hybridized carbons (Fsp3) is 0.588. The molecule has 3 unspecified atom stereocenters. The van der Waals surface area contributed by atoms with Crippen molar-refractivity contribution < 1.29 is 9.53 Å². The van der Waals surface area contributed by atoms with Crippen LogP contribution in [0.25, 0.3) is 0 Å². The minimum atomic E-state index is -0.248. The first kappa shape index (κ1) is 13.9. The minimum absolute atomic E-state index is 0.0303. The Bertz CT molecular complexity index is 552. The van der Waals surface area contributed by atoms with Crippen LogP contribution < -0.4 is 0 Å². The van der Waals surface area contributed by atoms with Gasteiger partial charge in [0, 0.05) is 10.4 Å². The lowest BCUT2D eigenvalue weighted by Crippen LogP contribution is -2.38. The molecule has 108 valence electrons. The molecule has 2 nitrogen and oxygen atoms in total. The Morgan fingerprint density at radius 2 is 2.10 bits per heavy atom. The third kappa shape index (κ3) is 1.88. The van der Waals surface area contributed by atoms with Gasteiger partial charge in [0.25, 0.3) is 0 Å². The Balaban J connectivity index is 1.78. The number of esters is 1. The molecule has 0 saturated heterocycles. The van der Waals surface area contributed by atoms with Crippen LogP contribution in [0.1, 0.15) is 50.4 Å².